The SMILES string of the molecule is COc1ccc(C)c(Cl)c1C1(CN)CC1. The summed E-state index contributed by atoms with van der Waals surface area (Å²) in [6.07, 6.45) is 2.23. The van der Waals surface area contributed by atoms with E-state index in [4.69, 9.17) is 22.1 Å². The molecule has 0 aromatic heterocycles. The quantitative estimate of drug-likeness (QED) is 0.859. The number of methoxy groups -OCH3 is 1. The monoisotopic (exact) mass is 225 g/mol. The second-order valence-electron chi connectivity index (χ2n) is 4.26. The molecule has 82 valence electrons. The number of halogens is 1. The molecule has 1 aromatic rings. The first kappa shape index (κ1) is 10.8. The van der Waals surface area contributed by atoms with Gasteiger partial charge in [0.2, 0.25) is 0 Å². The van der Waals surface area contributed by atoms with Crippen molar-refractivity contribution in [3.8, 4) is 5.75 Å². The van der Waals surface area contributed by atoms with Crippen molar-refractivity contribution in [2.24, 2.45) is 5.73 Å². The molecule has 0 saturated heterocycles. The van der Waals surface area contributed by atoms with Gasteiger partial charge in [0.15, 0.2) is 0 Å². The van der Waals surface area contributed by atoms with Gasteiger partial charge in [-0.2, -0.15) is 0 Å². The van der Waals surface area contributed by atoms with Crippen molar-refractivity contribution in [3.05, 3.63) is 28.3 Å². The van der Waals surface area contributed by atoms with E-state index >= 15 is 0 Å². The summed E-state index contributed by atoms with van der Waals surface area (Å²) in [6, 6.07) is 3.96. The fourth-order valence-corrected chi connectivity index (χ4v) is 2.39. The number of rotatable bonds is 3. The van der Waals surface area contributed by atoms with Crippen molar-refractivity contribution in [1.29, 1.82) is 0 Å². The molecule has 0 radical (unpaired) electrons. The van der Waals surface area contributed by atoms with Gasteiger partial charge in [-0.1, -0.05) is 17.7 Å². The van der Waals surface area contributed by atoms with Crippen molar-refractivity contribution in [1.82, 2.24) is 0 Å². The van der Waals surface area contributed by atoms with Crippen LogP contribution < -0.4 is 10.5 Å². The second kappa shape index (κ2) is 3.69. The highest BCUT2D eigenvalue weighted by atomic mass is 35.5. The molecule has 0 unspecified atom stereocenters. The molecule has 2 N–H and O–H groups in total. The molecule has 2 nitrogen and oxygen atoms in total. The van der Waals surface area contributed by atoms with Crippen molar-refractivity contribution < 1.29 is 4.74 Å². The molecule has 0 bridgehead atoms. The first-order valence-corrected chi connectivity index (χ1v) is 5.56. The Balaban J connectivity index is 2.57. The summed E-state index contributed by atoms with van der Waals surface area (Å²) in [7, 11) is 1.68. The number of ether oxygens (including phenoxy) is 1. The van der Waals surface area contributed by atoms with Gasteiger partial charge in [0.1, 0.15) is 5.75 Å². The summed E-state index contributed by atoms with van der Waals surface area (Å²) in [5.74, 6) is 0.869. The van der Waals surface area contributed by atoms with Crippen LogP contribution in [0.5, 0.6) is 5.75 Å². The summed E-state index contributed by atoms with van der Waals surface area (Å²) in [5, 5.41) is 0.817. The average molecular weight is 226 g/mol. The van der Waals surface area contributed by atoms with E-state index in [9.17, 15) is 0 Å². The minimum absolute atomic E-state index is 0.0778. The van der Waals surface area contributed by atoms with E-state index in [2.05, 4.69) is 0 Å². The fraction of sp³-hybridized carbons (Fsp3) is 0.500. The Morgan fingerprint density at radius 1 is 1.47 bits per heavy atom. The van der Waals surface area contributed by atoms with E-state index in [0.717, 1.165) is 34.7 Å². The van der Waals surface area contributed by atoms with Crippen LogP contribution in [-0.4, -0.2) is 13.7 Å². The number of aryl methyl sites for hydroxylation is 1. The largest absolute Gasteiger partial charge is 0.496 e. The van der Waals surface area contributed by atoms with Gasteiger partial charge in [0, 0.05) is 17.5 Å². The molecule has 0 atom stereocenters. The predicted octanol–water partition coefficient (Wildman–Crippen LogP) is 2.65. The maximum Gasteiger partial charge on any atom is 0.124 e. The zero-order valence-corrected chi connectivity index (χ0v) is 9.90. The van der Waals surface area contributed by atoms with Gasteiger partial charge in [-0.3, -0.25) is 0 Å². The Kier molecular flexibility index (Phi) is 2.65. The molecule has 0 heterocycles. The molecule has 0 aliphatic heterocycles. The summed E-state index contributed by atoms with van der Waals surface area (Å²) in [4.78, 5) is 0. The van der Waals surface area contributed by atoms with E-state index in [1.807, 2.05) is 19.1 Å². The van der Waals surface area contributed by atoms with Crippen molar-refractivity contribution in [2.75, 3.05) is 13.7 Å². The summed E-state index contributed by atoms with van der Waals surface area (Å²) < 4.78 is 5.37. The third-order valence-electron chi connectivity index (χ3n) is 3.29. The minimum atomic E-state index is 0.0778. The topological polar surface area (TPSA) is 35.2 Å². The minimum Gasteiger partial charge on any atom is -0.496 e. The molecule has 1 fully saturated rings. The number of nitrogens with two attached hydrogens (primary N) is 1. The van der Waals surface area contributed by atoms with Gasteiger partial charge in [-0.05, 0) is 31.4 Å². The van der Waals surface area contributed by atoms with Crippen LogP contribution in [-0.2, 0) is 5.41 Å². The van der Waals surface area contributed by atoms with Gasteiger partial charge in [0.25, 0.3) is 0 Å². The number of hydrogen-bond acceptors (Lipinski definition) is 2. The van der Waals surface area contributed by atoms with Crippen molar-refractivity contribution >= 4 is 11.6 Å². The second-order valence-corrected chi connectivity index (χ2v) is 4.64. The lowest BCUT2D eigenvalue weighted by atomic mass is 9.93. The Morgan fingerprint density at radius 3 is 2.60 bits per heavy atom. The Morgan fingerprint density at radius 2 is 2.13 bits per heavy atom. The van der Waals surface area contributed by atoms with Crippen LogP contribution in [0.4, 0.5) is 0 Å². The molecule has 0 amide bonds. The van der Waals surface area contributed by atoms with Crippen LogP contribution in [0.2, 0.25) is 5.02 Å². The molecule has 1 aliphatic rings. The summed E-state index contributed by atoms with van der Waals surface area (Å²) in [6.45, 7) is 2.66. The maximum absolute atomic E-state index is 6.34. The number of hydrogen-bond donors (Lipinski definition) is 1. The lowest BCUT2D eigenvalue weighted by Crippen LogP contribution is -2.21. The van der Waals surface area contributed by atoms with E-state index in [1.165, 1.54) is 0 Å². The molecule has 1 aliphatic carbocycles. The van der Waals surface area contributed by atoms with Gasteiger partial charge in [-0.15, -0.1) is 0 Å². The third-order valence-corrected chi connectivity index (χ3v) is 3.78. The maximum atomic E-state index is 6.34. The highest BCUT2D eigenvalue weighted by molar-refractivity contribution is 6.32. The van der Waals surface area contributed by atoms with Crippen LogP contribution in [0.3, 0.4) is 0 Å². The lowest BCUT2D eigenvalue weighted by molar-refractivity contribution is 0.404. The number of benzene rings is 1. The van der Waals surface area contributed by atoms with E-state index in [0.29, 0.717) is 6.54 Å². The van der Waals surface area contributed by atoms with Crippen LogP contribution in [0, 0.1) is 6.92 Å². The smallest absolute Gasteiger partial charge is 0.124 e. The molecule has 1 aromatic carbocycles. The van der Waals surface area contributed by atoms with Gasteiger partial charge in [-0.25, -0.2) is 0 Å². The normalized spacial score (nSPS) is 17.6. The molecular formula is C12H16ClNO. The van der Waals surface area contributed by atoms with Gasteiger partial charge < -0.3 is 10.5 Å². The summed E-state index contributed by atoms with van der Waals surface area (Å²) in [5.41, 5.74) is 8.10. The van der Waals surface area contributed by atoms with Crippen molar-refractivity contribution in [3.63, 3.8) is 0 Å². The highest BCUT2D eigenvalue weighted by Crippen LogP contribution is 2.53. The first-order chi connectivity index (χ1) is 7.14. The molecule has 2 rings (SSSR count). The highest BCUT2D eigenvalue weighted by Gasteiger charge is 2.46. The molecule has 1 saturated carbocycles. The fourth-order valence-electron chi connectivity index (χ4n) is 2.03. The standard InChI is InChI=1S/C12H16ClNO/c1-8-3-4-9(15-2)10(11(8)13)12(7-14)5-6-12/h3-4H,5-7,14H2,1-2H3. The Bertz CT molecular complexity index is 385. The Labute approximate surface area is 95.4 Å². The van der Waals surface area contributed by atoms with E-state index in [-0.39, 0.29) is 5.41 Å². The van der Waals surface area contributed by atoms with E-state index < -0.39 is 0 Å². The zero-order chi connectivity index (χ0) is 11.1. The van der Waals surface area contributed by atoms with Crippen LogP contribution in [0.25, 0.3) is 0 Å². The van der Waals surface area contributed by atoms with Gasteiger partial charge >= 0.3 is 0 Å². The van der Waals surface area contributed by atoms with Gasteiger partial charge in [0.05, 0.1) is 12.1 Å². The Hall–Kier alpha value is -0.730. The predicted molar refractivity (Wildman–Crippen MR) is 62.7 cm³/mol. The van der Waals surface area contributed by atoms with Crippen molar-refractivity contribution in [2.45, 2.75) is 25.2 Å². The van der Waals surface area contributed by atoms with Crippen LogP contribution >= 0.6 is 11.6 Å². The molecule has 0 spiro atoms. The summed E-state index contributed by atoms with van der Waals surface area (Å²) >= 11 is 6.34. The molecule has 3 heteroatoms. The average Bonchev–Trinajstić information content (AvgIpc) is 3.02. The third kappa shape index (κ3) is 1.62. The van der Waals surface area contributed by atoms with Crippen LogP contribution in [0.15, 0.2) is 12.1 Å². The van der Waals surface area contributed by atoms with E-state index in [1.54, 1.807) is 7.11 Å². The molecule has 15 heavy (non-hydrogen) atoms. The lowest BCUT2D eigenvalue weighted by Gasteiger charge is -2.19. The van der Waals surface area contributed by atoms with Crippen LogP contribution in [0.1, 0.15) is 24.0 Å². The first-order valence-electron chi connectivity index (χ1n) is 5.18. The molecular weight excluding hydrogens is 210 g/mol. The zero-order valence-electron chi connectivity index (χ0n) is 9.14.